The van der Waals surface area contributed by atoms with Gasteiger partial charge in [-0.15, -0.1) is 0 Å². The SMILES string of the molecule is C[C@@H](OCc1ccc(Cl)cc1)[C@H](NC(=O)OC(C)(C)C)C(=O)O. The number of amides is 1. The van der Waals surface area contributed by atoms with Crippen LogP contribution in [0.1, 0.15) is 33.3 Å². The highest BCUT2D eigenvalue weighted by Crippen LogP contribution is 2.12. The van der Waals surface area contributed by atoms with Gasteiger partial charge in [-0.05, 0) is 45.4 Å². The Hall–Kier alpha value is -1.79. The summed E-state index contributed by atoms with van der Waals surface area (Å²) in [6, 6.07) is 5.80. The molecule has 1 aromatic carbocycles. The van der Waals surface area contributed by atoms with E-state index in [4.69, 9.17) is 21.1 Å². The molecule has 0 saturated carbocycles. The Morgan fingerprint density at radius 2 is 1.83 bits per heavy atom. The van der Waals surface area contributed by atoms with Crippen molar-refractivity contribution in [2.24, 2.45) is 0 Å². The molecule has 6 nitrogen and oxygen atoms in total. The summed E-state index contributed by atoms with van der Waals surface area (Å²) in [6.07, 6.45) is -1.54. The van der Waals surface area contributed by atoms with Crippen LogP contribution in [0.25, 0.3) is 0 Å². The highest BCUT2D eigenvalue weighted by molar-refractivity contribution is 6.30. The molecule has 0 radical (unpaired) electrons. The fourth-order valence-electron chi connectivity index (χ4n) is 1.72. The van der Waals surface area contributed by atoms with Crippen LogP contribution in [0, 0.1) is 0 Å². The van der Waals surface area contributed by atoms with Crippen molar-refractivity contribution in [2.75, 3.05) is 0 Å². The molecule has 1 aromatic rings. The number of benzene rings is 1. The maximum Gasteiger partial charge on any atom is 0.408 e. The second-order valence-corrected chi connectivity index (χ2v) is 6.54. The highest BCUT2D eigenvalue weighted by atomic mass is 35.5. The molecular formula is C16H22ClNO5. The number of rotatable bonds is 6. The van der Waals surface area contributed by atoms with E-state index in [-0.39, 0.29) is 6.61 Å². The summed E-state index contributed by atoms with van der Waals surface area (Å²) in [5, 5.41) is 12.2. The second kappa shape index (κ2) is 8.17. The van der Waals surface area contributed by atoms with Crippen molar-refractivity contribution in [3.63, 3.8) is 0 Å². The first kappa shape index (κ1) is 19.3. The molecular weight excluding hydrogens is 322 g/mol. The molecule has 0 unspecified atom stereocenters. The molecule has 0 spiro atoms. The van der Waals surface area contributed by atoms with Gasteiger partial charge in [-0.1, -0.05) is 23.7 Å². The predicted octanol–water partition coefficient (Wildman–Crippen LogP) is 3.22. The van der Waals surface area contributed by atoms with E-state index in [1.807, 2.05) is 0 Å². The van der Waals surface area contributed by atoms with Gasteiger partial charge in [0.25, 0.3) is 0 Å². The van der Waals surface area contributed by atoms with E-state index in [0.29, 0.717) is 5.02 Å². The molecule has 0 aliphatic rings. The monoisotopic (exact) mass is 343 g/mol. The molecule has 0 heterocycles. The highest BCUT2D eigenvalue weighted by Gasteiger charge is 2.29. The number of alkyl carbamates (subject to hydrolysis) is 1. The van der Waals surface area contributed by atoms with Crippen LogP contribution in [-0.4, -0.2) is 34.9 Å². The first-order valence-electron chi connectivity index (χ1n) is 7.17. The third-order valence-electron chi connectivity index (χ3n) is 2.83. The summed E-state index contributed by atoms with van der Waals surface area (Å²) in [5.74, 6) is -1.19. The van der Waals surface area contributed by atoms with Crippen molar-refractivity contribution in [1.82, 2.24) is 5.32 Å². The van der Waals surface area contributed by atoms with Crippen molar-refractivity contribution >= 4 is 23.7 Å². The van der Waals surface area contributed by atoms with E-state index in [2.05, 4.69) is 5.32 Å². The summed E-state index contributed by atoms with van der Waals surface area (Å²) >= 11 is 5.80. The lowest BCUT2D eigenvalue weighted by Crippen LogP contribution is -2.50. The molecule has 0 fully saturated rings. The third-order valence-corrected chi connectivity index (χ3v) is 3.09. The topological polar surface area (TPSA) is 84.9 Å². The fraction of sp³-hybridized carbons (Fsp3) is 0.500. The van der Waals surface area contributed by atoms with E-state index in [1.165, 1.54) is 0 Å². The molecule has 0 aromatic heterocycles. The van der Waals surface area contributed by atoms with Gasteiger partial charge in [0.2, 0.25) is 0 Å². The van der Waals surface area contributed by atoms with E-state index >= 15 is 0 Å². The minimum Gasteiger partial charge on any atom is -0.480 e. The summed E-state index contributed by atoms with van der Waals surface area (Å²) in [4.78, 5) is 23.1. The number of ether oxygens (including phenoxy) is 2. The van der Waals surface area contributed by atoms with Crippen molar-refractivity contribution < 1.29 is 24.2 Å². The first-order valence-corrected chi connectivity index (χ1v) is 7.54. The number of carbonyl (C=O) groups is 2. The first-order chi connectivity index (χ1) is 10.6. The van der Waals surface area contributed by atoms with Crippen LogP contribution >= 0.6 is 11.6 Å². The maximum atomic E-state index is 11.7. The van der Waals surface area contributed by atoms with Gasteiger partial charge in [-0.3, -0.25) is 0 Å². The molecule has 2 atom stereocenters. The Labute approximate surface area is 140 Å². The van der Waals surface area contributed by atoms with Gasteiger partial charge < -0.3 is 19.9 Å². The normalized spacial score (nSPS) is 14.0. The second-order valence-electron chi connectivity index (χ2n) is 6.10. The molecule has 23 heavy (non-hydrogen) atoms. The van der Waals surface area contributed by atoms with Crippen molar-refractivity contribution in [3.05, 3.63) is 34.9 Å². The predicted molar refractivity (Wildman–Crippen MR) is 86.5 cm³/mol. The van der Waals surface area contributed by atoms with E-state index in [1.54, 1.807) is 52.0 Å². The van der Waals surface area contributed by atoms with Crippen LogP contribution < -0.4 is 5.32 Å². The lowest BCUT2D eigenvalue weighted by Gasteiger charge is -2.25. The van der Waals surface area contributed by atoms with Gasteiger partial charge in [0.05, 0.1) is 12.7 Å². The fourth-order valence-corrected chi connectivity index (χ4v) is 1.84. The quantitative estimate of drug-likeness (QED) is 0.828. The number of hydrogen-bond acceptors (Lipinski definition) is 4. The molecule has 0 aliphatic carbocycles. The van der Waals surface area contributed by atoms with E-state index < -0.39 is 29.8 Å². The van der Waals surface area contributed by atoms with E-state index in [0.717, 1.165) is 5.56 Å². The van der Waals surface area contributed by atoms with Gasteiger partial charge in [-0.2, -0.15) is 0 Å². The number of carbonyl (C=O) groups excluding carboxylic acids is 1. The van der Waals surface area contributed by atoms with Crippen LogP contribution in [-0.2, 0) is 20.9 Å². The van der Waals surface area contributed by atoms with Gasteiger partial charge in [0.15, 0.2) is 6.04 Å². The average molecular weight is 344 g/mol. The number of hydrogen-bond donors (Lipinski definition) is 2. The van der Waals surface area contributed by atoms with Gasteiger partial charge >= 0.3 is 12.1 Å². The summed E-state index contributed by atoms with van der Waals surface area (Å²) in [5.41, 5.74) is 0.142. The Balaban J connectivity index is 2.60. The largest absolute Gasteiger partial charge is 0.480 e. The zero-order chi connectivity index (χ0) is 17.6. The Morgan fingerprint density at radius 3 is 2.30 bits per heavy atom. The Morgan fingerprint density at radius 1 is 1.26 bits per heavy atom. The standard InChI is InChI=1S/C16H22ClNO5/c1-10(22-9-11-5-7-12(17)8-6-11)13(14(19)20)18-15(21)23-16(2,3)4/h5-8,10,13H,9H2,1-4H3,(H,18,21)(H,19,20)/t10-,13+/m1/s1. The smallest absolute Gasteiger partial charge is 0.408 e. The summed E-state index contributed by atoms with van der Waals surface area (Å²) in [6.45, 7) is 6.87. The zero-order valence-electron chi connectivity index (χ0n) is 13.6. The van der Waals surface area contributed by atoms with Crippen LogP contribution in [0.2, 0.25) is 5.02 Å². The molecule has 0 aliphatic heterocycles. The van der Waals surface area contributed by atoms with Gasteiger partial charge in [-0.25, -0.2) is 9.59 Å². The third kappa shape index (κ3) is 7.34. The van der Waals surface area contributed by atoms with Crippen molar-refractivity contribution in [2.45, 2.75) is 52.0 Å². The van der Waals surface area contributed by atoms with Crippen LogP contribution in [0.4, 0.5) is 4.79 Å². The van der Waals surface area contributed by atoms with Crippen LogP contribution in [0.5, 0.6) is 0 Å². The van der Waals surface area contributed by atoms with E-state index in [9.17, 15) is 14.7 Å². The molecule has 0 bridgehead atoms. The molecule has 2 N–H and O–H groups in total. The summed E-state index contributed by atoms with van der Waals surface area (Å²) < 4.78 is 10.6. The lowest BCUT2D eigenvalue weighted by atomic mass is 10.1. The van der Waals surface area contributed by atoms with Gasteiger partial charge in [0.1, 0.15) is 5.60 Å². The van der Waals surface area contributed by atoms with Crippen LogP contribution in [0.15, 0.2) is 24.3 Å². The van der Waals surface area contributed by atoms with Crippen LogP contribution in [0.3, 0.4) is 0 Å². The number of halogens is 1. The molecule has 1 amide bonds. The number of carboxylic acids is 1. The van der Waals surface area contributed by atoms with Crippen molar-refractivity contribution in [3.8, 4) is 0 Å². The lowest BCUT2D eigenvalue weighted by molar-refractivity contribution is -0.143. The zero-order valence-corrected chi connectivity index (χ0v) is 14.4. The van der Waals surface area contributed by atoms with Crippen molar-refractivity contribution in [1.29, 1.82) is 0 Å². The Kier molecular flexibility index (Phi) is 6.84. The van der Waals surface area contributed by atoms with Gasteiger partial charge in [0, 0.05) is 5.02 Å². The number of carboxylic acid groups (broad SMARTS) is 1. The summed E-state index contributed by atoms with van der Waals surface area (Å²) in [7, 11) is 0. The molecule has 1 rings (SSSR count). The molecule has 128 valence electrons. The minimum absolute atomic E-state index is 0.206. The Bertz CT molecular complexity index is 538. The number of aliphatic carboxylic acids is 1. The average Bonchev–Trinajstić information content (AvgIpc) is 2.41. The maximum absolute atomic E-state index is 11.7. The minimum atomic E-state index is -1.21. The number of nitrogens with one attached hydrogen (secondary N) is 1. The molecule has 7 heteroatoms. The molecule has 0 saturated heterocycles.